The Kier molecular flexibility index (Phi) is 5.49. The van der Waals surface area contributed by atoms with Gasteiger partial charge in [0.1, 0.15) is 5.60 Å². The highest BCUT2D eigenvalue weighted by atomic mass is 19.3. The zero-order valence-electron chi connectivity index (χ0n) is 9.09. The van der Waals surface area contributed by atoms with Crippen molar-refractivity contribution in [3.63, 3.8) is 0 Å². The van der Waals surface area contributed by atoms with Gasteiger partial charge in [-0.15, -0.1) is 0 Å². The number of carbonyl (C=O) groups excluding carboxylic acids is 1. The molecule has 0 bridgehead atoms. The molecule has 0 saturated heterocycles. The molecule has 0 heterocycles. The van der Waals surface area contributed by atoms with Crippen molar-refractivity contribution in [3.8, 4) is 0 Å². The van der Waals surface area contributed by atoms with E-state index in [1.54, 1.807) is 20.8 Å². The average Bonchev–Trinajstić information content (AvgIpc) is 1.99. The second kappa shape index (κ2) is 5.85. The van der Waals surface area contributed by atoms with Crippen LogP contribution in [-0.4, -0.2) is 35.9 Å². The minimum atomic E-state index is -2.72. The Bertz CT molecular complexity index is 204. The number of hydrogen-bond acceptors (Lipinski definition) is 3. The molecule has 0 rings (SSSR count). The quantitative estimate of drug-likeness (QED) is 0.762. The van der Waals surface area contributed by atoms with Crippen LogP contribution in [0.4, 0.5) is 13.6 Å². The molecule has 0 saturated carbocycles. The first-order chi connectivity index (χ1) is 6.76. The van der Waals surface area contributed by atoms with Crippen LogP contribution in [0.15, 0.2) is 0 Å². The molecule has 4 nitrogen and oxygen atoms in total. The number of amides is 1. The third-order valence-corrected chi connectivity index (χ3v) is 1.45. The molecule has 0 aromatic rings. The van der Waals surface area contributed by atoms with Crippen molar-refractivity contribution in [1.29, 1.82) is 0 Å². The van der Waals surface area contributed by atoms with E-state index in [4.69, 9.17) is 9.84 Å². The second-order valence-corrected chi connectivity index (χ2v) is 4.10. The minimum Gasteiger partial charge on any atom is -0.444 e. The summed E-state index contributed by atoms with van der Waals surface area (Å²) in [5.74, 6) is 0. The Hall–Kier alpha value is -0.910. The molecule has 1 amide bonds. The molecule has 1 unspecified atom stereocenters. The summed E-state index contributed by atoms with van der Waals surface area (Å²) in [6.45, 7) is 4.49. The standard InChI is InChI=1S/C9H17F2NO3/c1-9(2,3)15-8(14)12-6(4-5-13)7(10)11/h6-7,13H,4-5H2,1-3H3,(H,12,14). The number of nitrogens with one attached hydrogen (secondary N) is 1. The van der Waals surface area contributed by atoms with E-state index in [1.165, 1.54) is 0 Å². The van der Waals surface area contributed by atoms with Gasteiger partial charge in [0.05, 0.1) is 6.04 Å². The Morgan fingerprint density at radius 3 is 2.33 bits per heavy atom. The fourth-order valence-corrected chi connectivity index (χ4v) is 0.859. The molecule has 0 aromatic heterocycles. The molecule has 15 heavy (non-hydrogen) atoms. The second-order valence-electron chi connectivity index (χ2n) is 4.10. The van der Waals surface area contributed by atoms with Crippen LogP contribution in [0.2, 0.25) is 0 Å². The number of alkyl carbamates (subject to hydrolysis) is 1. The van der Waals surface area contributed by atoms with Crippen LogP contribution in [0.25, 0.3) is 0 Å². The molecule has 2 N–H and O–H groups in total. The normalized spacial score (nSPS) is 13.8. The van der Waals surface area contributed by atoms with Crippen LogP contribution in [0.5, 0.6) is 0 Å². The van der Waals surface area contributed by atoms with Crippen molar-refractivity contribution in [1.82, 2.24) is 5.32 Å². The van der Waals surface area contributed by atoms with Gasteiger partial charge in [0, 0.05) is 6.61 Å². The molecule has 1 atom stereocenters. The predicted molar refractivity (Wildman–Crippen MR) is 50.9 cm³/mol. The Morgan fingerprint density at radius 2 is 2.00 bits per heavy atom. The fourth-order valence-electron chi connectivity index (χ4n) is 0.859. The van der Waals surface area contributed by atoms with Gasteiger partial charge in [0.2, 0.25) is 0 Å². The Labute approximate surface area is 87.6 Å². The van der Waals surface area contributed by atoms with Gasteiger partial charge in [0.15, 0.2) is 0 Å². The summed E-state index contributed by atoms with van der Waals surface area (Å²) < 4.78 is 29.4. The lowest BCUT2D eigenvalue weighted by atomic mass is 10.2. The van der Waals surface area contributed by atoms with Gasteiger partial charge in [-0.25, -0.2) is 13.6 Å². The Balaban J connectivity index is 4.11. The molecule has 0 aliphatic rings. The predicted octanol–water partition coefficient (Wildman–Crippen LogP) is 1.53. The van der Waals surface area contributed by atoms with Crippen LogP contribution >= 0.6 is 0 Å². The minimum absolute atomic E-state index is 0.198. The first kappa shape index (κ1) is 14.1. The van der Waals surface area contributed by atoms with Crippen LogP contribution in [-0.2, 0) is 4.74 Å². The number of aliphatic hydroxyl groups is 1. The van der Waals surface area contributed by atoms with E-state index >= 15 is 0 Å². The molecule has 6 heteroatoms. The summed E-state index contributed by atoms with van der Waals surface area (Å²) in [5.41, 5.74) is -0.726. The van der Waals surface area contributed by atoms with Crippen molar-refractivity contribution >= 4 is 6.09 Å². The van der Waals surface area contributed by atoms with Gasteiger partial charge in [-0.3, -0.25) is 0 Å². The summed E-state index contributed by atoms with van der Waals surface area (Å²) in [7, 11) is 0. The zero-order chi connectivity index (χ0) is 12.1. The number of rotatable bonds is 4. The first-order valence-electron chi connectivity index (χ1n) is 4.65. The fraction of sp³-hybridized carbons (Fsp3) is 0.889. The highest BCUT2D eigenvalue weighted by Gasteiger charge is 2.24. The molecule has 0 aliphatic heterocycles. The number of ether oxygens (including phenoxy) is 1. The van der Waals surface area contributed by atoms with Crippen LogP contribution in [0, 0.1) is 0 Å². The largest absolute Gasteiger partial charge is 0.444 e. The van der Waals surface area contributed by atoms with Gasteiger partial charge in [-0.2, -0.15) is 0 Å². The van der Waals surface area contributed by atoms with E-state index in [2.05, 4.69) is 0 Å². The monoisotopic (exact) mass is 225 g/mol. The highest BCUT2D eigenvalue weighted by molar-refractivity contribution is 5.68. The van der Waals surface area contributed by atoms with Gasteiger partial charge in [0.25, 0.3) is 6.43 Å². The maximum Gasteiger partial charge on any atom is 0.408 e. The highest BCUT2D eigenvalue weighted by Crippen LogP contribution is 2.09. The van der Waals surface area contributed by atoms with E-state index in [-0.39, 0.29) is 6.42 Å². The lowest BCUT2D eigenvalue weighted by Crippen LogP contribution is -2.43. The average molecular weight is 225 g/mol. The summed E-state index contributed by atoms with van der Waals surface area (Å²) in [6, 6.07) is -1.37. The maximum atomic E-state index is 12.3. The third-order valence-electron chi connectivity index (χ3n) is 1.45. The lowest BCUT2D eigenvalue weighted by Gasteiger charge is -2.22. The molecule has 0 aromatic carbocycles. The van der Waals surface area contributed by atoms with Gasteiger partial charge >= 0.3 is 6.09 Å². The number of hydrogen-bond donors (Lipinski definition) is 2. The molecule has 90 valence electrons. The maximum absolute atomic E-state index is 12.3. The molecule has 0 aliphatic carbocycles. The van der Waals surface area contributed by atoms with Crippen molar-refractivity contribution in [2.75, 3.05) is 6.61 Å². The summed E-state index contributed by atoms with van der Waals surface area (Å²) >= 11 is 0. The molecule has 0 spiro atoms. The van der Waals surface area contributed by atoms with E-state index in [0.717, 1.165) is 0 Å². The molecular weight excluding hydrogens is 208 g/mol. The smallest absolute Gasteiger partial charge is 0.408 e. The number of aliphatic hydroxyl groups excluding tert-OH is 1. The van der Waals surface area contributed by atoms with Crippen LogP contribution < -0.4 is 5.32 Å². The van der Waals surface area contributed by atoms with E-state index in [9.17, 15) is 13.6 Å². The first-order valence-corrected chi connectivity index (χ1v) is 4.65. The van der Waals surface area contributed by atoms with E-state index in [1.807, 2.05) is 5.32 Å². The summed E-state index contributed by atoms with van der Waals surface area (Å²) in [6.07, 6.45) is -3.82. The third kappa shape index (κ3) is 7.07. The lowest BCUT2D eigenvalue weighted by molar-refractivity contribution is 0.0341. The van der Waals surface area contributed by atoms with Gasteiger partial charge < -0.3 is 15.2 Å². The number of carbonyl (C=O) groups is 1. The molecule has 0 radical (unpaired) electrons. The zero-order valence-corrected chi connectivity index (χ0v) is 9.09. The van der Waals surface area contributed by atoms with E-state index < -0.39 is 30.8 Å². The number of halogens is 2. The van der Waals surface area contributed by atoms with Gasteiger partial charge in [-0.05, 0) is 27.2 Å². The Morgan fingerprint density at radius 1 is 1.47 bits per heavy atom. The van der Waals surface area contributed by atoms with Crippen molar-refractivity contribution in [2.45, 2.75) is 45.3 Å². The van der Waals surface area contributed by atoms with Crippen LogP contribution in [0.3, 0.4) is 0 Å². The topological polar surface area (TPSA) is 58.6 Å². The summed E-state index contributed by atoms with van der Waals surface area (Å²) in [4.78, 5) is 11.1. The summed E-state index contributed by atoms with van der Waals surface area (Å²) in [5, 5.41) is 10.5. The van der Waals surface area contributed by atoms with Crippen molar-refractivity contribution in [3.05, 3.63) is 0 Å². The van der Waals surface area contributed by atoms with Crippen molar-refractivity contribution in [2.24, 2.45) is 0 Å². The molecule has 0 fully saturated rings. The SMILES string of the molecule is CC(C)(C)OC(=O)NC(CCO)C(F)F. The number of alkyl halides is 2. The van der Waals surface area contributed by atoms with Gasteiger partial charge in [-0.1, -0.05) is 0 Å². The molecular formula is C9H17F2NO3. The van der Waals surface area contributed by atoms with E-state index in [0.29, 0.717) is 0 Å². The van der Waals surface area contributed by atoms with Crippen molar-refractivity contribution < 1.29 is 23.4 Å². The van der Waals surface area contributed by atoms with Crippen LogP contribution in [0.1, 0.15) is 27.2 Å².